The summed E-state index contributed by atoms with van der Waals surface area (Å²) in [6.45, 7) is 2.62. The Morgan fingerprint density at radius 1 is 1.32 bits per heavy atom. The van der Waals surface area contributed by atoms with E-state index in [0.29, 0.717) is 26.4 Å². The van der Waals surface area contributed by atoms with Gasteiger partial charge in [-0.3, -0.25) is 4.79 Å². The Kier molecular flexibility index (Phi) is 8.40. The molecule has 1 rings (SSSR count). The van der Waals surface area contributed by atoms with Crippen LogP contribution < -0.4 is 10.6 Å². The Labute approximate surface area is 121 Å². The molecule has 6 heteroatoms. The lowest BCUT2D eigenvalue weighted by atomic mass is 10.3. The van der Waals surface area contributed by atoms with E-state index in [1.807, 2.05) is 24.3 Å². The third kappa shape index (κ3) is 7.94. The summed E-state index contributed by atoms with van der Waals surface area (Å²) in [5.74, 6) is -0.0741. The largest absolute Gasteiger partial charge is 0.382 e. The van der Waals surface area contributed by atoms with Crippen molar-refractivity contribution in [2.45, 2.75) is 0 Å². The van der Waals surface area contributed by atoms with Crippen LogP contribution in [0.1, 0.15) is 0 Å². The molecule has 0 radical (unpaired) electrons. The van der Waals surface area contributed by atoms with Crippen LogP contribution in [-0.4, -0.2) is 45.9 Å². The minimum atomic E-state index is -0.0741. The van der Waals surface area contributed by atoms with E-state index >= 15 is 0 Å². The van der Waals surface area contributed by atoms with E-state index in [1.54, 1.807) is 7.11 Å². The molecular weight excluding hydrogens is 312 g/mol. The van der Waals surface area contributed by atoms with Gasteiger partial charge < -0.3 is 20.1 Å². The second-order valence-corrected chi connectivity index (χ2v) is 4.76. The average Bonchev–Trinajstić information content (AvgIpc) is 2.37. The Morgan fingerprint density at radius 3 is 2.89 bits per heavy atom. The number of carbonyl (C=O) groups is 1. The zero-order valence-corrected chi connectivity index (χ0v) is 12.5. The SMILES string of the molecule is COCCOCCNCC(=O)Nc1cccc(Br)c1. The first-order chi connectivity index (χ1) is 9.22. The summed E-state index contributed by atoms with van der Waals surface area (Å²) >= 11 is 3.35. The lowest BCUT2D eigenvalue weighted by Crippen LogP contribution is -2.30. The van der Waals surface area contributed by atoms with Crippen molar-refractivity contribution < 1.29 is 14.3 Å². The average molecular weight is 331 g/mol. The van der Waals surface area contributed by atoms with Gasteiger partial charge in [0.05, 0.1) is 26.4 Å². The fourth-order valence-corrected chi connectivity index (χ4v) is 1.76. The minimum absolute atomic E-state index is 0.0741. The lowest BCUT2D eigenvalue weighted by Gasteiger charge is -2.07. The van der Waals surface area contributed by atoms with Crippen molar-refractivity contribution in [1.82, 2.24) is 5.32 Å². The molecule has 0 spiro atoms. The maximum Gasteiger partial charge on any atom is 0.238 e. The third-order valence-electron chi connectivity index (χ3n) is 2.25. The fourth-order valence-electron chi connectivity index (χ4n) is 1.36. The van der Waals surface area contributed by atoms with Crippen LogP contribution in [0, 0.1) is 0 Å². The number of hydrogen-bond donors (Lipinski definition) is 2. The van der Waals surface area contributed by atoms with Gasteiger partial charge in [0.2, 0.25) is 5.91 Å². The zero-order chi connectivity index (χ0) is 13.9. The van der Waals surface area contributed by atoms with Crippen LogP contribution >= 0.6 is 15.9 Å². The molecule has 0 fully saturated rings. The zero-order valence-electron chi connectivity index (χ0n) is 10.9. The molecule has 1 aromatic rings. The number of nitrogens with one attached hydrogen (secondary N) is 2. The van der Waals surface area contributed by atoms with Gasteiger partial charge in [0.1, 0.15) is 0 Å². The molecule has 2 N–H and O–H groups in total. The lowest BCUT2D eigenvalue weighted by molar-refractivity contribution is -0.115. The Balaban J connectivity index is 2.08. The Hall–Kier alpha value is -0.950. The highest BCUT2D eigenvalue weighted by Gasteiger charge is 2.01. The highest BCUT2D eigenvalue weighted by Crippen LogP contribution is 2.15. The third-order valence-corrected chi connectivity index (χ3v) is 2.74. The standard InChI is InChI=1S/C13H19BrN2O3/c1-18-7-8-19-6-5-15-10-13(17)16-12-4-2-3-11(14)9-12/h2-4,9,15H,5-8,10H2,1H3,(H,16,17). The van der Waals surface area contributed by atoms with Crippen molar-refractivity contribution in [1.29, 1.82) is 0 Å². The number of ether oxygens (including phenoxy) is 2. The maximum absolute atomic E-state index is 11.6. The van der Waals surface area contributed by atoms with Gasteiger partial charge in [-0.05, 0) is 18.2 Å². The van der Waals surface area contributed by atoms with Gasteiger partial charge >= 0.3 is 0 Å². The predicted octanol–water partition coefficient (Wildman–Crippen LogP) is 1.64. The number of methoxy groups -OCH3 is 1. The number of halogens is 1. The number of rotatable bonds is 9. The molecule has 5 nitrogen and oxygen atoms in total. The molecule has 0 atom stereocenters. The minimum Gasteiger partial charge on any atom is -0.382 e. The van der Waals surface area contributed by atoms with Crippen LogP contribution in [0.15, 0.2) is 28.7 Å². The van der Waals surface area contributed by atoms with Gasteiger partial charge in [0.15, 0.2) is 0 Å². The van der Waals surface area contributed by atoms with Crippen molar-refractivity contribution in [3.63, 3.8) is 0 Å². The van der Waals surface area contributed by atoms with E-state index < -0.39 is 0 Å². The van der Waals surface area contributed by atoms with Crippen LogP contribution in [0.25, 0.3) is 0 Å². The molecule has 106 valence electrons. The summed E-state index contributed by atoms with van der Waals surface area (Å²) < 4.78 is 11.0. The molecule has 1 aromatic carbocycles. The van der Waals surface area contributed by atoms with Crippen LogP contribution in [0.2, 0.25) is 0 Å². The van der Waals surface area contributed by atoms with E-state index in [1.165, 1.54) is 0 Å². The van der Waals surface area contributed by atoms with Crippen molar-refractivity contribution in [3.05, 3.63) is 28.7 Å². The summed E-state index contributed by atoms with van der Waals surface area (Å²) in [6.07, 6.45) is 0. The molecule has 0 aliphatic heterocycles. The van der Waals surface area contributed by atoms with Gasteiger partial charge in [0.25, 0.3) is 0 Å². The smallest absolute Gasteiger partial charge is 0.238 e. The molecule has 0 bridgehead atoms. The van der Waals surface area contributed by atoms with Crippen LogP contribution in [-0.2, 0) is 14.3 Å². The van der Waals surface area contributed by atoms with Crippen LogP contribution in [0.5, 0.6) is 0 Å². The van der Waals surface area contributed by atoms with E-state index in [0.717, 1.165) is 10.2 Å². The van der Waals surface area contributed by atoms with E-state index in [-0.39, 0.29) is 12.5 Å². The van der Waals surface area contributed by atoms with Gasteiger partial charge in [-0.25, -0.2) is 0 Å². The van der Waals surface area contributed by atoms with E-state index in [2.05, 4.69) is 26.6 Å². The maximum atomic E-state index is 11.6. The van der Waals surface area contributed by atoms with Gasteiger partial charge in [-0.1, -0.05) is 22.0 Å². The second kappa shape index (κ2) is 9.91. The van der Waals surface area contributed by atoms with Gasteiger partial charge in [0, 0.05) is 23.8 Å². The molecule has 0 aliphatic carbocycles. The van der Waals surface area contributed by atoms with Crippen LogP contribution in [0.4, 0.5) is 5.69 Å². The molecule has 0 saturated carbocycles. The first-order valence-corrected chi connectivity index (χ1v) is 6.84. The first-order valence-electron chi connectivity index (χ1n) is 6.05. The molecule has 0 unspecified atom stereocenters. The van der Waals surface area contributed by atoms with Crippen molar-refractivity contribution in [3.8, 4) is 0 Å². The molecule has 0 aromatic heterocycles. The van der Waals surface area contributed by atoms with E-state index in [4.69, 9.17) is 9.47 Å². The molecule has 0 heterocycles. The Bertz CT molecular complexity index is 388. The Morgan fingerprint density at radius 2 is 2.16 bits per heavy atom. The highest BCUT2D eigenvalue weighted by molar-refractivity contribution is 9.10. The van der Waals surface area contributed by atoms with Crippen molar-refractivity contribution in [2.24, 2.45) is 0 Å². The molecule has 1 amide bonds. The summed E-state index contributed by atoms with van der Waals surface area (Å²) in [7, 11) is 1.63. The topological polar surface area (TPSA) is 59.6 Å². The predicted molar refractivity (Wildman–Crippen MR) is 78.3 cm³/mol. The first kappa shape index (κ1) is 16.1. The highest BCUT2D eigenvalue weighted by atomic mass is 79.9. The van der Waals surface area contributed by atoms with Crippen LogP contribution in [0.3, 0.4) is 0 Å². The summed E-state index contributed by atoms with van der Waals surface area (Å²) in [5, 5.41) is 5.81. The quantitative estimate of drug-likeness (QED) is 0.676. The molecule has 0 aliphatic rings. The number of hydrogen-bond acceptors (Lipinski definition) is 4. The molecule has 19 heavy (non-hydrogen) atoms. The summed E-state index contributed by atoms with van der Waals surface area (Å²) in [4.78, 5) is 11.6. The summed E-state index contributed by atoms with van der Waals surface area (Å²) in [6, 6.07) is 7.48. The molecule has 0 saturated heterocycles. The summed E-state index contributed by atoms with van der Waals surface area (Å²) in [5.41, 5.74) is 0.775. The van der Waals surface area contributed by atoms with Crippen molar-refractivity contribution >= 4 is 27.5 Å². The monoisotopic (exact) mass is 330 g/mol. The van der Waals surface area contributed by atoms with Gasteiger partial charge in [-0.2, -0.15) is 0 Å². The fraction of sp³-hybridized carbons (Fsp3) is 0.462. The number of benzene rings is 1. The number of amides is 1. The molecular formula is C13H19BrN2O3. The van der Waals surface area contributed by atoms with Gasteiger partial charge in [-0.15, -0.1) is 0 Å². The van der Waals surface area contributed by atoms with Crippen molar-refractivity contribution in [2.75, 3.05) is 45.3 Å². The number of anilines is 1. The normalized spacial score (nSPS) is 10.4. The van der Waals surface area contributed by atoms with E-state index in [9.17, 15) is 4.79 Å². The second-order valence-electron chi connectivity index (χ2n) is 3.84. The number of carbonyl (C=O) groups excluding carboxylic acids is 1.